The first-order valence-corrected chi connectivity index (χ1v) is 12.0. The van der Waals surface area contributed by atoms with Crippen molar-refractivity contribution in [2.45, 2.75) is 18.7 Å². The number of sulfonamides is 1. The fraction of sp³-hybridized carbons (Fsp3) is 0.0741. The second kappa shape index (κ2) is 9.30. The van der Waals surface area contributed by atoms with Gasteiger partial charge in [0.05, 0.1) is 10.6 Å². The molecule has 0 radical (unpaired) electrons. The minimum Gasteiger partial charge on any atom is -0.323 e. The Hall–Kier alpha value is -3.90. The van der Waals surface area contributed by atoms with Crippen molar-refractivity contribution in [2.75, 3.05) is 10.0 Å². The van der Waals surface area contributed by atoms with E-state index in [1.54, 1.807) is 18.2 Å². The summed E-state index contributed by atoms with van der Waals surface area (Å²) in [5, 5.41) is 4.93. The Bertz CT molecular complexity index is 1430. The van der Waals surface area contributed by atoms with Crippen LogP contribution in [0.2, 0.25) is 0 Å². The summed E-state index contributed by atoms with van der Waals surface area (Å²) in [4.78, 5) is 12.5. The van der Waals surface area contributed by atoms with Gasteiger partial charge in [-0.15, -0.1) is 0 Å². The number of para-hydroxylation sites is 1. The molecule has 0 atom stereocenters. The first-order valence-electron chi connectivity index (χ1n) is 10.5. The second-order valence-corrected chi connectivity index (χ2v) is 9.47. The molecule has 0 saturated carbocycles. The van der Waals surface area contributed by atoms with E-state index in [1.165, 1.54) is 18.2 Å². The van der Waals surface area contributed by atoms with E-state index in [4.69, 9.17) is 0 Å². The number of hydrogen-bond donors (Lipinski definition) is 2. The fourth-order valence-corrected chi connectivity index (χ4v) is 4.83. The monoisotopic (exact) mass is 456 g/mol. The molecule has 6 heteroatoms. The number of rotatable bonds is 6. The van der Waals surface area contributed by atoms with Crippen molar-refractivity contribution in [3.8, 4) is 0 Å². The maximum Gasteiger partial charge on any atom is 0.261 e. The van der Waals surface area contributed by atoms with Crippen LogP contribution >= 0.6 is 0 Å². The van der Waals surface area contributed by atoms with Crippen LogP contribution in [0.3, 0.4) is 0 Å². The van der Waals surface area contributed by atoms with Crippen molar-refractivity contribution in [3.05, 3.63) is 108 Å². The normalized spacial score (nSPS) is 11.6. The SMILES string of the molecule is Cc1cccc(C)c1NS(=O)(=O)c1ccc(NC(=O)/C=C/c2cccc3ccccc23)cc1. The van der Waals surface area contributed by atoms with Gasteiger partial charge in [-0.2, -0.15) is 0 Å². The van der Waals surface area contributed by atoms with Crippen molar-refractivity contribution in [1.82, 2.24) is 0 Å². The highest BCUT2D eigenvalue weighted by Gasteiger charge is 2.16. The number of carbonyl (C=O) groups excluding carboxylic acids is 1. The Morgan fingerprint density at radius 3 is 2.15 bits per heavy atom. The number of amides is 1. The van der Waals surface area contributed by atoms with E-state index in [9.17, 15) is 13.2 Å². The van der Waals surface area contributed by atoms with Crippen molar-refractivity contribution in [2.24, 2.45) is 0 Å². The van der Waals surface area contributed by atoms with Gasteiger partial charge in [-0.3, -0.25) is 9.52 Å². The van der Waals surface area contributed by atoms with Gasteiger partial charge in [0.2, 0.25) is 5.91 Å². The zero-order valence-electron chi connectivity index (χ0n) is 18.4. The largest absolute Gasteiger partial charge is 0.323 e. The maximum absolute atomic E-state index is 12.8. The van der Waals surface area contributed by atoms with E-state index in [2.05, 4.69) is 10.0 Å². The smallest absolute Gasteiger partial charge is 0.261 e. The first-order chi connectivity index (χ1) is 15.8. The zero-order chi connectivity index (χ0) is 23.4. The van der Waals surface area contributed by atoms with Gasteiger partial charge in [0.25, 0.3) is 10.0 Å². The molecule has 33 heavy (non-hydrogen) atoms. The molecule has 0 unspecified atom stereocenters. The molecule has 4 aromatic rings. The highest BCUT2D eigenvalue weighted by atomic mass is 32.2. The third kappa shape index (κ3) is 5.13. The molecule has 0 fully saturated rings. The molecular weight excluding hydrogens is 432 g/mol. The van der Waals surface area contributed by atoms with Gasteiger partial charge in [0.1, 0.15) is 0 Å². The van der Waals surface area contributed by atoms with E-state index in [0.29, 0.717) is 11.4 Å². The zero-order valence-corrected chi connectivity index (χ0v) is 19.2. The van der Waals surface area contributed by atoms with Crippen LogP contribution in [0.15, 0.2) is 95.9 Å². The van der Waals surface area contributed by atoms with E-state index in [-0.39, 0.29) is 10.8 Å². The highest BCUT2D eigenvalue weighted by Crippen LogP contribution is 2.24. The molecule has 5 nitrogen and oxygen atoms in total. The molecule has 4 aromatic carbocycles. The molecule has 2 N–H and O–H groups in total. The average Bonchev–Trinajstić information content (AvgIpc) is 2.80. The molecular formula is C27H24N2O3S. The molecule has 0 aliphatic carbocycles. The molecule has 0 saturated heterocycles. The minimum absolute atomic E-state index is 0.120. The third-order valence-electron chi connectivity index (χ3n) is 5.39. The highest BCUT2D eigenvalue weighted by molar-refractivity contribution is 7.92. The number of fused-ring (bicyclic) bond motifs is 1. The molecule has 166 valence electrons. The topological polar surface area (TPSA) is 75.3 Å². The molecule has 4 rings (SSSR count). The molecule has 1 amide bonds. The van der Waals surface area contributed by atoms with Crippen molar-refractivity contribution in [3.63, 3.8) is 0 Å². The number of carbonyl (C=O) groups is 1. The predicted octanol–water partition coefficient (Wildman–Crippen LogP) is 5.91. The first kappa shape index (κ1) is 22.3. The van der Waals surface area contributed by atoms with E-state index < -0.39 is 10.0 Å². The van der Waals surface area contributed by atoms with Gasteiger partial charge < -0.3 is 5.32 Å². The summed E-state index contributed by atoms with van der Waals surface area (Å²) < 4.78 is 28.3. The summed E-state index contributed by atoms with van der Waals surface area (Å²) in [5.41, 5.74) is 3.73. The summed E-state index contributed by atoms with van der Waals surface area (Å²) >= 11 is 0. The average molecular weight is 457 g/mol. The lowest BCUT2D eigenvalue weighted by Gasteiger charge is -2.13. The van der Waals surface area contributed by atoms with Gasteiger partial charge in [0, 0.05) is 11.8 Å². The summed E-state index contributed by atoms with van der Waals surface area (Å²) in [6.45, 7) is 3.71. The third-order valence-corrected chi connectivity index (χ3v) is 6.75. The van der Waals surface area contributed by atoms with Crippen LogP contribution in [0, 0.1) is 13.8 Å². The number of anilines is 2. The Balaban J connectivity index is 1.46. The second-order valence-electron chi connectivity index (χ2n) is 7.79. The molecule has 0 aromatic heterocycles. The predicted molar refractivity (Wildman–Crippen MR) is 135 cm³/mol. The van der Waals surface area contributed by atoms with E-state index in [0.717, 1.165) is 27.5 Å². The van der Waals surface area contributed by atoms with Crippen LogP contribution in [0.4, 0.5) is 11.4 Å². The van der Waals surface area contributed by atoms with Crippen LogP contribution in [0.25, 0.3) is 16.8 Å². The van der Waals surface area contributed by atoms with E-state index >= 15 is 0 Å². The Labute approximate surface area is 193 Å². The Kier molecular flexibility index (Phi) is 6.29. The number of nitrogens with one attached hydrogen (secondary N) is 2. The van der Waals surface area contributed by atoms with Crippen molar-refractivity contribution < 1.29 is 13.2 Å². The molecule has 0 aliphatic heterocycles. The van der Waals surface area contributed by atoms with Crippen LogP contribution in [-0.2, 0) is 14.8 Å². The van der Waals surface area contributed by atoms with Gasteiger partial charge >= 0.3 is 0 Å². The van der Waals surface area contributed by atoms with Crippen LogP contribution in [0.1, 0.15) is 16.7 Å². The lowest BCUT2D eigenvalue weighted by molar-refractivity contribution is -0.111. The summed E-state index contributed by atoms with van der Waals surface area (Å²) in [5.74, 6) is -0.299. The number of aryl methyl sites for hydroxylation is 2. The lowest BCUT2D eigenvalue weighted by Crippen LogP contribution is -2.15. The van der Waals surface area contributed by atoms with Crippen molar-refractivity contribution >= 4 is 44.2 Å². The lowest BCUT2D eigenvalue weighted by atomic mass is 10.0. The van der Waals surface area contributed by atoms with Gasteiger partial charge in [0.15, 0.2) is 0 Å². The van der Waals surface area contributed by atoms with Crippen LogP contribution in [-0.4, -0.2) is 14.3 Å². The minimum atomic E-state index is -3.75. The van der Waals surface area contributed by atoms with E-state index in [1.807, 2.05) is 74.5 Å². The molecule has 0 bridgehead atoms. The Morgan fingerprint density at radius 2 is 1.42 bits per heavy atom. The van der Waals surface area contributed by atoms with Gasteiger partial charge in [-0.05, 0) is 71.7 Å². The molecule has 0 spiro atoms. The van der Waals surface area contributed by atoms with Crippen LogP contribution in [0.5, 0.6) is 0 Å². The standard InChI is InChI=1S/C27H24N2O3S/c1-19-7-5-8-20(2)27(19)29-33(31,32)24-16-14-23(15-17-24)28-26(30)18-13-22-11-6-10-21-9-3-4-12-25(21)22/h3-18,29H,1-2H3,(H,28,30)/b18-13+. The number of benzene rings is 4. The summed E-state index contributed by atoms with van der Waals surface area (Å²) in [7, 11) is -3.75. The quantitative estimate of drug-likeness (QED) is 0.354. The van der Waals surface area contributed by atoms with Crippen molar-refractivity contribution in [1.29, 1.82) is 0 Å². The maximum atomic E-state index is 12.8. The molecule has 0 aliphatic rings. The van der Waals surface area contributed by atoms with Crippen LogP contribution < -0.4 is 10.0 Å². The Morgan fingerprint density at radius 1 is 0.788 bits per heavy atom. The number of hydrogen-bond acceptors (Lipinski definition) is 3. The van der Waals surface area contributed by atoms with Gasteiger partial charge in [-0.1, -0.05) is 60.7 Å². The fourth-order valence-electron chi connectivity index (χ4n) is 3.63. The molecule has 0 heterocycles. The summed E-state index contributed by atoms with van der Waals surface area (Å²) in [6.07, 6.45) is 3.24. The van der Waals surface area contributed by atoms with Gasteiger partial charge in [-0.25, -0.2) is 8.42 Å². The summed E-state index contributed by atoms with van der Waals surface area (Å²) in [6, 6.07) is 25.6.